The van der Waals surface area contributed by atoms with Gasteiger partial charge in [-0.1, -0.05) is 6.42 Å². The van der Waals surface area contributed by atoms with Crippen molar-refractivity contribution in [2.75, 3.05) is 13.1 Å². The predicted molar refractivity (Wildman–Crippen MR) is 66.0 cm³/mol. The first-order valence-electron chi connectivity index (χ1n) is 5.82. The second-order valence-electron chi connectivity index (χ2n) is 4.32. The van der Waals surface area contributed by atoms with Gasteiger partial charge in [-0.05, 0) is 49.9 Å². The van der Waals surface area contributed by atoms with E-state index in [0.29, 0.717) is 12.6 Å². The number of nitrogens with two attached hydrogens (primary N) is 1. The Bertz CT molecular complexity index is 302. The zero-order chi connectivity index (χ0) is 10.7. The van der Waals surface area contributed by atoms with Crippen molar-refractivity contribution in [1.29, 1.82) is 0 Å². The molecule has 15 heavy (non-hydrogen) atoms. The van der Waals surface area contributed by atoms with E-state index in [0.717, 1.165) is 0 Å². The van der Waals surface area contributed by atoms with Gasteiger partial charge in [0.2, 0.25) is 0 Å². The van der Waals surface area contributed by atoms with E-state index in [1.165, 1.54) is 42.8 Å². The van der Waals surface area contributed by atoms with Crippen molar-refractivity contribution >= 4 is 11.3 Å². The molecule has 1 aromatic heterocycles. The van der Waals surface area contributed by atoms with E-state index in [1.54, 1.807) is 11.3 Å². The van der Waals surface area contributed by atoms with E-state index in [9.17, 15) is 0 Å². The molecule has 0 saturated carbocycles. The van der Waals surface area contributed by atoms with Gasteiger partial charge in [-0.15, -0.1) is 11.3 Å². The highest BCUT2D eigenvalue weighted by Gasteiger charge is 2.18. The molecule has 0 bridgehead atoms. The van der Waals surface area contributed by atoms with E-state index in [1.807, 2.05) is 0 Å². The van der Waals surface area contributed by atoms with Crippen LogP contribution >= 0.6 is 11.3 Å². The monoisotopic (exact) mass is 224 g/mol. The van der Waals surface area contributed by atoms with Gasteiger partial charge in [-0.3, -0.25) is 4.90 Å². The number of hydrogen-bond acceptors (Lipinski definition) is 3. The molecule has 2 heterocycles. The maximum atomic E-state index is 5.64. The summed E-state index contributed by atoms with van der Waals surface area (Å²) in [6.45, 7) is 5.51. The molecule has 2 N–H and O–H groups in total. The number of nitrogens with zero attached hydrogens (tertiary/aromatic N) is 1. The van der Waals surface area contributed by atoms with Crippen LogP contribution < -0.4 is 5.73 Å². The van der Waals surface area contributed by atoms with Crippen molar-refractivity contribution in [3.05, 3.63) is 21.9 Å². The average Bonchev–Trinajstić information content (AvgIpc) is 2.78. The molecule has 0 radical (unpaired) electrons. The molecular formula is C12H20N2S. The van der Waals surface area contributed by atoms with Crippen molar-refractivity contribution in [3.63, 3.8) is 0 Å². The molecular weight excluding hydrogens is 204 g/mol. The molecule has 1 atom stereocenters. The fourth-order valence-corrected chi connectivity index (χ4v) is 3.09. The third-order valence-electron chi connectivity index (χ3n) is 3.30. The van der Waals surface area contributed by atoms with Crippen LogP contribution in [-0.4, -0.2) is 18.0 Å². The zero-order valence-corrected chi connectivity index (χ0v) is 10.2. The zero-order valence-electron chi connectivity index (χ0n) is 9.41. The Morgan fingerprint density at radius 1 is 1.40 bits per heavy atom. The maximum Gasteiger partial charge on any atom is 0.0328 e. The van der Waals surface area contributed by atoms with Gasteiger partial charge >= 0.3 is 0 Å². The normalized spacial score (nSPS) is 20.4. The summed E-state index contributed by atoms with van der Waals surface area (Å²) in [5.41, 5.74) is 7.09. The predicted octanol–water partition coefficient (Wildman–Crippen LogP) is 2.75. The van der Waals surface area contributed by atoms with E-state index in [4.69, 9.17) is 5.73 Å². The summed E-state index contributed by atoms with van der Waals surface area (Å²) in [4.78, 5) is 3.89. The van der Waals surface area contributed by atoms with Crippen LogP contribution in [0.1, 0.15) is 42.7 Å². The van der Waals surface area contributed by atoms with Gasteiger partial charge in [0, 0.05) is 17.5 Å². The Morgan fingerprint density at radius 3 is 2.73 bits per heavy atom. The van der Waals surface area contributed by atoms with E-state index < -0.39 is 0 Å². The first-order chi connectivity index (χ1) is 7.31. The molecule has 2 rings (SSSR count). The van der Waals surface area contributed by atoms with Crippen LogP contribution in [0.3, 0.4) is 0 Å². The molecule has 3 heteroatoms. The van der Waals surface area contributed by atoms with Crippen molar-refractivity contribution in [1.82, 2.24) is 4.90 Å². The summed E-state index contributed by atoms with van der Waals surface area (Å²) >= 11 is 1.79. The third kappa shape index (κ3) is 2.60. The molecule has 1 aliphatic rings. The van der Waals surface area contributed by atoms with Crippen molar-refractivity contribution in [2.24, 2.45) is 5.73 Å². The minimum atomic E-state index is 0.571. The van der Waals surface area contributed by atoms with Crippen LogP contribution in [0.25, 0.3) is 0 Å². The third-order valence-corrected chi connectivity index (χ3v) is 4.27. The molecule has 0 spiro atoms. The molecule has 1 aliphatic heterocycles. The lowest BCUT2D eigenvalue weighted by atomic mass is 10.1. The molecule has 1 aromatic rings. The largest absolute Gasteiger partial charge is 0.326 e. The minimum Gasteiger partial charge on any atom is -0.326 e. The molecule has 0 amide bonds. The van der Waals surface area contributed by atoms with Gasteiger partial charge < -0.3 is 5.73 Å². The second-order valence-corrected chi connectivity index (χ2v) is 5.32. The van der Waals surface area contributed by atoms with Crippen LogP contribution in [0.4, 0.5) is 0 Å². The fourth-order valence-electron chi connectivity index (χ4n) is 2.24. The Labute approximate surface area is 96.1 Å². The smallest absolute Gasteiger partial charge is 0.0328 e. The van der Waals surface area contributed by atoms with E-state index in [2.05, 4.69) is 23.3 Å². The fraction of sp³-hybridized carbons (Fsp3) is 0.667. The van der Waals surface area contributed by atoms with E-state index in [-0.39, 0.29) is 0 Å². The number of likely N-dealkylation sites (tertiary alicyclic amines) is 1. The van der Waals surface area contributed by atoms with Crippen molar-refractivity contribution in [2.45, 2.75) is 38.8 Å². The van der Waals surface area contributed by atoms with E-state index >= 15 is 0 Å². The summed E-state index contributed by atoms with van der Waals surface area (Å²) in [5, 5.41) is 2.27. The highest BCUT2D eigenvalue weighted by Crippen LogP contribution is 2.27. The number of thiophene rings is 1. The molecule has 1 fully saturated rings. The Balaban J connectivity index is 2.02. The van der Waals surface area contributed by atoms with Gasteiger partial charge in [-0.25, -0.2) is 0 Å². The summed E-state index contributed by atoms with van der Waals surface area (Å²) in [5.74, 6) is 0. The van der Waals surface area contributed by atoms with Crippen LogP contribution in [0.5, 0.6) is 0 Å². The number of piperidine rings is 1. The van der Waals surface area contributed by atoms with Crippen LogP contribution in [-0.2, 0) is 6.54 Å². The first kappa shape index (κ1) is 11.1. The van der Waals surface area contributed by atoms with Crippen molar-refractivity contribution < 1.29 is 0 Å². The quantitative estimate of drug-likeness (QED) is 0.855. The molecule has 0 aromatic carbocycles. The Hall–Kier alpha value is -0.380. The number of hydrogen-bond donors (Lipinski definition) is 1. The highest BCUT2D eigenvalue weighted by molar-refractivity contribution is 7.10. The molecule has 2 nitrogen and oxygen atoms in total. The van der Waals surface area contributed by atoms with Gasteiger partial charge in [0.25, 0.3) is 0 Å². The molecule has 84 valence electrons. The number of rotatable bonds is 3. The van der Waals surface area contributed by atoms with Gasteiger partial charge in [-0.2, -0.15) is 0 Å². The minimum absolute atomic E-state index is 0.571. The maximum absolute atomic E-state index is 5.64. The Morgan fingerprint density at radius 2 is 2.13 bits per heavy atom. The average molecular weight is 224 g/mol. The summed E-state index contributed by atoms with van der Waals surface area (Å²) < 4.78 is 0. The second kappa shape index (κ2) is 5.10. The SMILES string of the molecule is CC(c1csc(CN)c1)N1CCCCC1. The van der Waals surface area contributed by atoms with Crippen LogP contribution in [0.2, 0.25) is 0 Å². The first-order valence-corrected chi connectivity index (χ1v) is 6.70. The van der Waals surface area contributed by atoms with Gasteiger partial charge in [0.15, 0.2) is 0 Å². The topological polar surface area (TPSA) is 29.3 Å². The lowest BCUT2D eigenvalue weighted by molar-refractivity contribution is 0.175. The molecule has 1 unspecified atom stereocenters. The molecule has 0 aliphatic carbocycles. The Kier molecular flexibility index (Phi) is 3.78. The molecule has 1 saturated heterocycles. The summed E-state index contributed by atoms with van der Waals surface area (Å²) in [6.07, 6.45) is 4.12. The van der Waals surface area contributed by atoms with Crippen LogP contribution in [0.15, 0.2) is 11.4 Å². The lowest BCUT2D eigenvalue weighted by Crippen LogP contribution is -2.32. The standard InChI is InChI=1S/C12H20N2S/c1-10(14-5-3-2-4-6-14)11-7-12(8-13)15-9-11/h7,9-10H,2-6,8,13H2,1H3. The van der Waals surface area contributed by atoms with Crippen molar-refractivity contribution in [3.8, 4) is 0 Å². The lowest BCUT2D eigenvalue weighted by Gasteiger charge is -2.32. The highest BCUT2D eigenvalue weighted by atomic mass is 32.1. The van der Waals surface area contributed by atoms with Crippen LogP contribution in [0, 0.1) is 0 Å². The summed E-state index contributed by atoms with van der Waals surface area (Å²) in [7, 11) is 0. The van der Waals surface area contributed by atoms with Gasteiger partial charge in [0.1, 0.15) is 0 Å². The van der Waals surface area contributed by atoms with Gasteiger partial charge in [0.05, 0.1) is 0 Å². The summed E-state index contributed by atoms with van der Waals surface area (Å²) in [6, 6.07) is 2.84.